The molecule has 3 rings (SSSR count). The Balaban J connectivity index is 1.64. The summed E-state index contributed by atoms with van der Waals surface area (Å²) in [5, 5.41) is 13.0. The molecule has 134 valence electrons. The summed E-state index contributed by atoms with van der Waals surface area (Å²) in [5.41, 5.74) is -0.890. The van der Waals surface area contributed by atoms with Gasteiger partial charge in [0.05, 0.1) is 11.3 Å². The molecule has 7 nitrogen and oxygen atoms in total. The number of sulfone groups is 1. The first kappa shape index (κ1) is 17.6. The van der Waals surface area contributed by atoms with Gasteiger partial charge in [-0.2, -0.15) is 5.26 Å². The van der Waals surface area contributed by atoms with Crippen LogP contribution in [0.5, 0.6) is 0 Å². The highest BCUT2D eigenvalue weighted by molar-refractivity contribution is 7.92. The van der Waals surface area contributed by atoms with Gasteiger partial charge in [-0.05, 0) is 25.0 Å². The number of rotatable bonds is 4. The van der Waals surface area contributed by atoms with Gasteiger partial charge in [0, 0.05) is 19.0 Å². The predicted molar refractivity (Wildman–Crippen MR) is 80.9 cm³/mol. The first-order valence-electron chi connectivity index (χ1n) is 7.58. The number of alkyl carbamates (subject to hydrolysis) is 1. The molecule has 1 amide bonds. The number of carbonyl (C=O) groups excluding carboxylic acids is 1. The number of nitriles is 1. The lowest BCUT2D eigenvalue weighted by molar-refractivity contribution is 0.0876. The second kappa shape index (κ2) is 6.24. The Kier molecular flexibility index (Phi) is 4.38. The van der Waals surface area contributed by atoms with Gasteiger partial charge < -0.3 is 10.1 Å². The highest BCUT2D eigenvalue weighted by Gasteiger charge is 2.46. The molecule has 0 unspecified atom stereocenters. The minimum atomic E-state index is -4.05. The molecule has 1 aromatic carbocycles. The van der Waals surface area contributed by atoms with Gasteiger partial charge in [-0.15, -0.1) is 0 Å². The second-order valence-electron chi connectivity index (χ2n) is 6.10. The average molecular weight is 371 g/mol. The van der Waals surface area contributed by atoms with Gasteiger partial charge in [0.1, 0.15) is 22.1 Å². The molecule has 2 aliphatic rings. The van der Waals surface area contributed by atoms with E-state index < -0.39 is 49.5 Å². The van der Waals surface area contributed by atoms with E-state index in [-0.39, 0.29) is 13.0 Å². The number of hydrogen-bond donors (Lipinski definition) is 2. The summed E-state index contributed by atoms with van der Waals surface area (Å²) in [6, 6.07) is 4.23. The van der Waals surface area contributed by atoms with Crippen molar-refractivity contribution in [3.05, 3.63) is 29.8 Å². The molecular formula is C15H15F2N3O4S. The van der Waals surface area contributed by atoms with Gasteiger partial charge in [-0.3, -0.25) is 5.32 Å². The maximum atomic E-state index is 13.8. The van der Waals surface area contributed by atoms with Crippen molar-refractivity contribution >= 4 is 15.9 Å². The summed E-state index contributed by atoms with van der Waals surface area (Å²) in [6.07, 6.45) is -0.693. The van der Waals surface area contributed by atoms with Crippen LogP contribution in [-0.2, 0) is 14.6 Å². The van der Waals surface area contributed by atoms with Gasteiger partial charge >= 0.3 is 6.09 Å². The SMILES string of the molecule is N#CC1(NC(=O)O[C@H]2C[C@@H](S(=O)(=O)c3ccc(F)cc3F)CN2)CC1. The maximum absolute atomic E-state index is 13.8. The quantitative estimate of drug-likeness (QED) is 0.770. The summed E-state index contributed by atoms with van der Waals surface area (Å²) in [6.45, 7) is -0.0412. The van der Waals surface area contributed by atoms with Crippen LogP contribution in [0.1, 0.15) is 19.3 Å². The molecule has 1 aliphatic carbocycles. The molecule has 0 radical (unpaired) electrons. The normalized spacial score (nSPS) is 24.4. The van der Waals surface area contributed by atoms with E-state index in [1.807, 2.05) is 6.07 Å². The van der Waals surface area contributed by atoms with Crippen molar-refractivity contribution in [2.24, 2.45) is 0 Å². The van der Waals surface area contributed by atoms with Crippen LogP contribution in [0, 0.1) is 23.0 Å². The largest absolute Gasteiger partial charge is 0.430 e. The van der Waals surface area contributed by atoms with Crippen molar-refractivity contribution < 1.29 is 26.7 Å². The van der Waals surface area contributed by atoms with Crippen LogP contribution < -0.4 is 10.6 Å². The fourth-order valence-corrected chi connectivity index (χ4v) is 4.32. The fourth-order valence-electron chi connectivity index (χ4n) is 2.62. The number of nitrogens with zero attached hydrogens (tertiary/aromatic N) is 1. The van der Waals surface area contributed by atoms with Crippen molar-refractivity contribution in [3.8, 4) is 6.07 Å². The molecule has 1 heterocycles. The molecular weight excluding hydrogens is 356 g/mol. The lowest BCUT2D eigenvalue weighted by atomic mass is 10.3. The Morgan fingerprint density at radius 3 is 2.72 bits per heavy atom. The third kappa shape index (κ3) is 3.57. The monoisotopic (exact) mass is 371 g/mol. The van der Waals surface area contributed by atoms with Gasteiger partial charge in [0.25, 0.3) is 0 Å². The number of nitrogens with one attached hydrogen (secondary N) is 2. The summed E-state index contributed by atoms with van der Waals surface area (Å²) >= 11 is 0. The van der Waals surface area contributed by atoms with Crippen LogP contribution in [0.4, 0.5) is 13.6 Å². The molecule has 1 saturated carbocycles. The molecule has 0 bridgehead atoms. The lowest BCUT2D eigenvalue weighted by Crippen LogP contribution is -2.40. The van der Waals surface area contributed by atoms with E-state index in [1.54, 1.807) is 0 Å². The highest BCUT2D eigenvalue weighted by atomic mass is 32.2. The minimum absolute atomic E-state index is 0.0412. The molecule has 1 aromatic rings. The number of benzene rings is 1. The van der Waals surface area contributed by atoms with Gasteiger partial charge in [0.15, 0.2) is 16.1 Å². The van der Waals surface area contributed by atoms with Gasteiger partial charge in [-0.1, -0.05) is 0 Å². The lowest BCUT2D eigenvalue weighted by Gasteiger charge is -2.15. The maximum Gasteiger partial charge on any atom is 0.409 e. The number of halogens is 2. The van der Waals surface area contributed by atoms with Gasteiger partial charge in [-0.25, -0.2) is 22.0 Å². The molecule has 0 aromatic heterocycles. The summed E-state index contributed by atoms with van der Waals surface area (Å²) < 4.78 is 56.8. The van der Waals surface area contributed by atoms with Crippen LogP contribution >= 0.6 is 0 Å². The predicted octanol–water partition coefficient (Wildman–Crippen LogP) is 1.21. The van der Waals surface area contributed by atoms with Crippen LogP contribution in [0.2, 0.25) is 0 Å². The zero-order valence-corrected chi connectivity index (χ0v) is 13.8. The molecule has 2 N–H and O–H groups in total. The van der Waals surface area contributed by atoms with E-state index >= 15 is 0 Å². The van der Waals surface area contributed by atoms with Crippen LogP contribution in [0.15, 0.2) is 23.1 Å². The third-order valence-corrected chi connectivity index (χ3v) is 6.43. The molecule has 1 saturated heterocycles. The Morgan fingerprint density at radius 2 is 2.12 bits per heavy atom. The smallest absolute Gasteiger partial charge is 0.409 e. The Morgan fingerprint density at radius 1 is 1.40 bits per heavy atom. The van der Waals surface area contributed by atoms with Crippen LogP contribution in [0.3, 0.4) is 0 Å². The first-order valence-corrected chi connectivity index (χ1v) is 9.13. The van der Waals surface area contributed by atoms with Crippen molar-refractivity contribution in [2.75, 3.05) is 6.54 Å². The molecule has 0 spiro atoms. The molecule has 2 atom stereocenters. The van der Waals surface area contributed by atoms with Crippen molar-refractivity contribution in [3.63, 3.8) is 0 Å². The topological polar surface area (TPSA) is 108 Å². The number of carbonyl (C=O) groups is 1. The zero-order valence-electron chi connectivity index (χ0n) is 13.0. The van der Waals surface area contributed by atoms with Gasteiger partial charge in [0.2, 0.25) is 0 Å². The van der Waals surface area contributed by atoms with E-state index in [2.05, 4.69) is 10.6 Å². The second-order valence-corrected chi connectivity index (χ2v) is 8.30. The molecule has 1 aliphatic heterocycles. The van der Waals surface area contributed by atoms with Crippen molar-refractivity contribution in [1.82, 2.24) is 10.6 Å². The van der Waals surface area contributed by atoms with E-state index in [9.17, 15) is 22.0 Å². The van der Waals surface area contributed by atoms with Crippen LogP contribution in [0.25, 0.3) is 0 Å². The Labute approximate surface area is 142 Å². The first-order chi connectivity index (χ1) is 11.8. The number of hydrogen-bond acceptors (Lipinski definition) is 6. The zero-order chi connectivity index (χ0) is 18.2. The Bertz CT molecular complexity index is 849. The van der Waals surface area contributed by atoms with E-state index in [0.717, 1.165) is 12.1 Å². The summed E-state index contributed by atoms with van der Waals surface area (Å²) in [7, 11) is -4.05. The Hall–Kier alpha value is -2.25. The highest BCUT2D eigenvalue weighted by Crippen LogP contribution is 2.34. The number of amides is 1. The summed E-state index contributed by atoms with van der Waals surface area (Å²) in [5.74, 6) is -2.03. The van der Waals surface area contributed by atoms with Crippen molar-refractivity contribution in [2.45, 2.75) is 41.2 Å². The molecule has 25 heavy (non-hydrogen) atoms. The molecule has 10 heteroatoms. The minimum Gasteiger partial charge on any atom is -0.430 e. The van der Waals surface area contributed by atoms with E-state index in [1.165, 1.54) is 0 Å². The third-order valence-electron chi connectivity index (χ3n) is 4.24. The van der Waals surface area contributed by atoms with Crippen LogP contribution in [-0.4, -0.2) is 38.1 Å². The van der Waals surface area contributed by atoms with E-state index in [0.29, 0.717) is 18.9 Å². The molecule has 2 fully saturated rings. The number of ether oxygens (including phenoxy) is 1. The fraction of sp³-hybridized carbons (Fsp3) is 0.467. The average Bonchev–Trinajstić information content (AvgIpc) is 3.14. The van der Waals surface area contributed by atoms with Crippen molar-refractivity contribution in [1.29, 1.82) is 5.26 Å². The van der Waals surface area contributed by atoms with E-state index in [4.69, 9.17) is 10.00 Å². The summed E-state index contributed by atoms with van der Waals surface area (Å²) in [4.78, 5) is 11.2. The standard InChI is InChI=1S/C15H15F2N3O4S/c16-9-1-2-12(11(17)5-9)25(22,23)10-6-13(19-7-10)24-14(21)20-15(8-18)3-4-15/h1-2,5,10,13,19H,3-4,6-7H2,(H,20,21)/t10-,13+/m1/s1.